The summed E-state index contributed by atoms with van der Waals surface area (Å²) in [6, 6.07) is 0.0281. The van der Waals surface area contributed by atoms with Gasteiger partial charge in [-0.1, -0.05) is 6.92 Å². The summed E-state index contributed by atoms with van der Waals surface area (Å²) in [5.41, 5.74) is 0. The fourth-order valence-electron chi connectivity index (χ4n) is 2.92. The van der Waals surface area contributed by atoms with E-state index in [1.165, 1.54) is 0 Å². The summed E-state index contributed by atoms with van der Waals surface area (Å²) in [6.45, 7) is 5.39. The molecule has 0 aromatic rings. The first-order valence-corrected chi connectivity index (χ1v) is 8.95. The van der Waals surface area contributed by atoms with E-state index in [0.717, 1.165) is 19.6 Å². The van der Waals surface area contributed by atoms with Gasteiger partial charge in [0.15, 0.2) is 9.84 Å². The molecule has 2 heterocycles. The van der Waals surface area contributed by atoms with Crippen molar-refractivity contribution < 1.29 is 17.9 Å². The van der Waals surface area contributed by atoms with E-state index in [1.54, 1.807) is 0 Å². The molecular weight excluding hydrogens is 266 g/mol. The summed E-state index contributed by atoms with van der Waals surface area (Å²) in [7, 11) is -3.04. The standard InChI is InChI=1S/C13H25NO4S/c1-2-14-13(11-3-6-18-9-11)10-19(15,16)12-4-7-17-8-5-12/h11-14H,2-10H2,1H3. The number of ether oxygens (including phenoxy) is 2. The fraction of sp³-hybridized carbons (Fsp3) is 1.00. The molecule has 2 rings (SSSR count). The third-order valence-corrected chi connectivity index (χ3v) is 6.40. The molecule has 112 valence electrons. The molecule has 2 unspecified atom stereocenters. The zero-order valence-corrected chi connectivity index (χ0v) is 12.5. The number of rotatable bonds is 6. The van der Waals surface area contributed by atoms with Crippen molar-refractivity contribution in [1.82, 2.24) is 5.32 Å². The molecule has 6 heteroatoms. The van der Waals surface area contributed by atoms with Gasteiger partial charge in [0.1, 0.15) is 0 Å². The Balaban J connectivity index is 1.97. The van der Waals surface area contributed by atoms with Gasteiger partial charge in [0.05, 0.1) is 17.6 Å². The lowest BCUT2D eigenvalue weighted by atomic mass is 10.0. The molecule has 0 aromatic carbocycles. The van der Waals surface area contributed by atoms with Gasteiger partial charge in [0.25, 0.3) is 0 Å². The smallest absolute Gasteiger partial charge is 0.154 e. The molecule has 19 heavy (non-hydrogen) atoms. The molecule has 0 aliphatic carbocycles. The summed E-state index contributed by atoms with van der Waals surface area (Å²) in [5.74, 6) is 0.564. The summed E-state index contributed by atoms with van der Waals surface area (Å²) in [5, 5.41) is 3.11. The first-order valence-electron chi connectivity index (χ1n) is 7.24. The van der Waals surface area contributed by atoms with Crippen LogP contribution in [0.25, 0.3) is 0 Å². The number of sulfone groups is 1. The highest BCUT2D eigenvalue weighted by Gasteiger charge is 2.34. The zero-order chi connectivity index (χ0) is 13.7. The normalized spacial score (nSPS) is 27.5. The second-order valence-corrected chi connectivity index (χ2v) is 7.75. The van der Waals surface area contributed by atoms with Crippen LogP contribution in [0.3, 0.4) is 0 Å². The Morgan fingerprint density at radius 1 is 1.16 bits per heavy atom. The molecular formula is C13H25NO4S. The van der Waals surface area contributed by atoms with Gasteiger partial charge in [-0.05, 0) is 25.8 Å². The lowest BCUT2D eigenvalue weighted by Gasteiger charge is -2.27. The van der Waals surface area contributed by atoms with Crippen molar-refractivity contribution in [2.45, 2.75) is 37.5 Å². The van der Waals surface area contributed by atoms with Crippen LogP contribution in [0.1, 0.15) is 26.2 Å². The Labute approximate surface area is 116 Å². The van der Waals surface area contributed by atoms with Gasteiger partial charge >= 0.3 is 0 Å². The molecule has 0 saturated carbocycles. The van der Waals surface area contributed by atoms with Gasteiger partial charge in [-0.3, -0.25) is 0 Å². The molecule has 1 N–H and O–H groups in total. The molecule has 2 fully saturated rings. The Morgan fingerprint density at radius 2 is 1.84 bits per heavy atom. The van der Waals surface area contributed by atoms with Gasteiger partial charge in [-0.2, -0.15) is 0 Å². The maximum atomic E-state index is 12.5. The molecule has 2 aliphatic heterocycles. The first-order chi connectivity index (χ1) is 9.13. The van der Waals surface area contributed by atoms with Crippen LogP contribution in [0.2, 0.25) is 0 Å². The van der Waals surface area contributed by atoms with E-state index in [0.29, 0.717) is 38.6 Å². The molecule has 2 atom stereocenters. The first kappa shape index (κ1) is 15.2. The summed E-state index contributed by atoms with van der Waals surface area (Å²) in [4.78, 5) is 0. The van der Waals surface area contributed by atoms with Gasteiger partial charge in [-0.25, -0.2) is 8.42 Å². The summed E-state index contributed by atoms with van der Waals surface area (Å²) < 4.78 is 35.6. The van der Waals surface area contributed by atoms with E-state index in [4.69, 9.17) is 9.47 Å². The SMILES string of the molecule is CCNC(CS(=O)(=O)C1CCOCC1)C1CCOC1. The van der Waals surface area contributed by atoms with Crippen molar-refractivity contribution in [2.24, 2.45) is 5.92 Å². The third kappa shape index (κ3) is 4.15. The van der Waals surface area contributed by atoms with Crippen molar-refractivity contribution in [1.29, 1.82) is 0 Å². The maximum Gasteiger partial charge on any atom is 0.154 e. The second kappa shape index (κ2) is 7.02. The van der Waals surface area contributed by atoms with E-state index < -0.39 is 9.84 Å². The van der Waals surface area contributed by atoms with Crippen LogP contribution < -0.4 is 5.32 Å². The largest absolute Gasteiger partial charge is 0.381 e. The minimum atomic E-state index is -3.04. The van der Waals surface area contributed by atoms with Crippen LogP contribution in [0.4, 0.5) is 0 Å². The van der Waals surface area contributed by atoms with Crippen LogP contribution >= 0.6 is 0 Å². The monoisotopic (exact) mass is 291 g/mol. The van der Waals surface area contributed by atoms with Crippen LogP contribution in [0, 0.1) is 5.92 Å². The maximum absolute atomic E-state index is 12.5. The van der Waals surface area contributed by atoms with E-state index in [1.807, 2.05) is 6.92 Å². The minimum absolute atomic E-state index is 0.0281. The lowest BCUT2D eigenvalue weighted by Crippen LogP contribution is -2.45. The number of hydrogen-bond donors (Lipinski definition) is 1. The second-order valence-electron chi connectivity index (χ2n) is 5.43. The predicted octanol–water partition coefficient (Wildman–Crippen LogP) is 0.595. The van der Waals surface area contributed by atoms with Crippen molar-refractivity contribution in [3.05, 3.63) is 0 Å². The summed E-state index contributed by atoms with van der Waals surface area (Å²) in [6.07, 6.45) is 2.24. The number of hydrogen-bond acceptors (Lipinski definition) is 5. The highest BCUT2D eigenvalue weighted by Crippen LogP contribution is 2.22. The Hall–Kier alpha value is -0.170. The van der Waals surface area contributed by atoms with Crippen molar-refractivity contribution in [3.63, 3.8) is 0 Å². The quantitative estimate of drug-likeness (QED) is 0.776. The molecule has 2 saturated heterocycles. The van der Waals surface area contributed by atoms with Gasteiger partial charge in [0.2, 0.25) is 0 Å². The van der Waals surface area contributed by atoms with E-state index in [-0.39, 0.29) is 17.0 Å². The van der Waals surface area contributed by atoms with Gasteiger partial charge < -0.3 is 14.8 Å². The Morgan fingerprint density at radius 3 is 2.42 bits per heavy atom. The van der Waals surface area contributed by atoms with Crippen LogP contribution in [0.15, 0.2) is 0 Å². The van der Waals surface area contributed by atoms with Crippen LogP contribution in [-0.2, 0) is 19.3 Å². The molecule has 0 aromatic heterocycles. The average Bonchev–Trinajstić information content (AvgIpc) is 2.93. The molecule has 0 radical (unpaired) electrons. The molecule has 5 nitrogen and oxygen atoms in total. The van der Waals surface area contributed by atoms with Gasteiger partial charge in [0, 0.05) is 31.8 Å². The summed E-state index contributed by atoms with van der Waals surface area (Å²) >= 11 is 0. The van der Waals surface area contributed by atoms with Crippen LogP contribution in [-0.4, -0.2) is 58.4 Å². The predicted molar refractivity (Wildman–Crippen MR) is 74.0 cm³/mol. The topological polar surface area (TPSA) is 64.6 Å². The van der Waals surface area contributed by atoms with E-state index in [2.05, 4.69) is 5.32 Å². The van der Waals surface area contributed by atoms with Crippen molar-refractivity contribution in [2.75, 3.05) is 38.7 Å². The third-order valence-electron chi connectivity index (χ3n) is 4.09. The average molecular weight is 291 g/mol. The fourth-order valence-corrected chi connectivity index (χ4v) is 4.99. The van der Waals surface area contributed by atoms with Crippen molar-refractivity contribution >= 4 is 9.84 Å². The Bertz CT molecular complexity index is 359. The number of nitrogens with one attached hydrogen (secondary N) is 1. The van der Waals surface area contributed by atoms with Crippen LogP contribution in [0.5, 0.6) is 0 Å². The molecule has 2 aliphatic rings. The van der Waals surface area contributed by atoms with E-state index in [9.17, 15) is 8.42 Å². The highest BCUT2D eigenvalue weighted by molar-refractivity contribution is 7.92. The van der Waals surface area contributed by atoms with E-state index >= 15 is 0 Å². The molecule has 0 amide bonds. The highest BCUT2D eigenvalue weighted by atomic mass is 32.2. The minimum Gasteiger partial charge on any atom is -0.381 e. The van der Waals surface area contributed by atoms with Gasteiger partial charge in [-0.15, -0.1) is 0 Å². The molecule has 0 bridgehead atoms. The Kier molecular flexibility index (Phi) is 5.62. The molecule has 0 spiro atoms. The zero-order valence-electron chi connectivity index (χ0n) is 11.6. The van der Waals surface area contributed by atoms with Crippen molar-refractivity contribution in [3.8, 4) is 0 Å². The lowest BCUT2D eigenvalue weighted by molar-refractivity contribution is 0.0982.